The number of rotatable bonds is 2. The lowest BCUT2D eigenvalue weighted by Crippen LogP contribution is -2.48. The van der Waals surface area contributed by atoms with Gasteiger partial charge < -0.3 is 10.4 Å². The summed E-state index contributed by atoms with van der Waals surface area (Å²) >= 11 is 0. The Kier molecular flexibility index (Phi) is 2.33. The Bertz CT molecular complexity index is 401. The minimum Gasteiger partial charge on any atom is -0.390 e. The number of nitriles is 1. The fourth-order valence-corrected chi connectivity index (χ4v) is 1.92. The predicted molar refractivity (Wildman–Crippen MR) is 56.2 cm³/mol. The summed E-state index contributed by atoms with van der Waals surface area (Å²) in [6, 6.07) is 5.83. The molecule has 0 amide bonds. The van der Waals surface area contributed by atoms with E-state index in [9.17, 15) is 5.11 Å². The van der Waals surface area contributed by atoms with E-state index in [1.807, 2.05) is 19.1 Å². The van der Waals surface area contributed by atoms with Gasteiger partial charge in [-0.2, -0.15) is 5.26 Å². The zero-order valence-electron chi connectivity index (χ0n) is 8.57. The van der Waals surface area contributed by atoms with Gasteiger partial charge in [-0.25, -0.2) is 4.98 Å². The molecule has 0 saturated heterocycles. The molecule has 2 rings (SSSR count). The lowest BCUT2D eigenvalue weighted by Gasteiger charge is -2.41. The van der Waals surface area contributed by atoms with Crippen LogP contribution < -0.4 is 5.32 Å². The number of anilines is 1. The maximum absolute atomic E-state index is 9.56. The highest BCUT2D eigenvalue weighted by Crippen LogP contribution is 2.33. The summed E-state index contributed by atoms with van der Waals surface area (Å²) in [6.07, 6.45) is 3.10. The van der Waals surface area contributed by atoms with Gasteiger partial charge in [0.2, 0.25) is 0 Å². The second-order valence-electron chi connectivity index (χ2n) is 4.29. The van der Waals surface area contributed by atoms with Crippen molar-refractivity contribution in [3.8, 4) is 6.07 Å². The number of nitrogens with one attached hydrogen (secondary N) is 1. The first-order valence-electron chi connectivity index (χ1n) is 4.94. The molecule has 1 fully saturated rings. The van der Waals surface area contributed by atoms with Gasteiger partial charge in [0.15, 0.2) is 0 Å². The Morgan fingerprint density at radius 3 is 3.00 bits per heavy atom. The summed E-state index contributed by atoms with van der Waals surface area (Å²) in [4.78, 5) is 3.89. The monoisotopic (exact) mass is 203 g/mol. The van der Waals surface area contributed by atoms with Crippen LogP contribution in [-0.4, -0.2) is 21.7 Å². The van der Waals surface area contributed by atoms with E-state index in [-0.39, 0.29) is 0 Å². The third-order valence-corrected chi connectivity index (χ3v) is 2.62. The molecule has 0 spiro atoms. The van der Waals surface area contributed by atoms with Gasteiger partial charge in [0.05, 0.1) is 5.60 Å². The van der Waals surface area contributed by atoms with Crippen molar-refractivity contribution in [2.24, 2.45) is 0 Å². The van der Waals surface area contributed by atoms with E-state index < -0.39 is 5.60 Å². The zero-order valence-corrected chi connectivity index (χ0v) is 8.57. The largest absolute Gasteiger partial charge is 0.390 e. The summed E-state index contributed by atoms with van der Waals surface area (Å²) in [7, 11) is 0. The van der Waals surface area contributed by atoms with Crippen molar-refractivity contribution >= 4 is 5.69 Å². The highest BCUT2D eigenvalue weighted by atomic mass is 16.3. The molecule has 0 radical (unpaired) electrons. The summed E-state index contributed by atoms with van der Waals surface area (Å²) in [5.41, 5.74) is 0.774. The first kappa shape index (κ1) is 9.94. The van der Waals surface area contributed by atoms with Crippen LogP contribution in [0.1, 0.15) is 25.5 Å². The summed E-state index contributed by atoms with van der Waals surface area (Å²) in [5, 5.41) is 21.5. The average molecular weight is 203 g/mol. The molecule has 0 aromatic carbocycles. The molecule has 0 atom stereocenters. The van der Waals surface area contributed by atoms with E-state index in [0.29, 0.717) is 11.7 Å². The Morgan fingerprint density at radius 1 is 1.67 bits per heavy atom. The highest BCUT2D eigenvalue weighted by molar-refractivity contribution is 5.47. The second-order valence-corrected chi connectivity index (χ2v) is 4.29. The summed E-state index contributed by atoms with van der Waals surface area (Å²) in [6.45, 7) is 1.83. The zero-order chi connectivity index (χ0) is 10.9. The normalized spacial score (nSPS) is 29.0. The topological polar surface area (TPSA) is 68.9 Å². The predicted octanol–water partition coefficient (Wildman–Crippen LogP) is 1.28. The van der Waals surface area contributed by atoms with E-state index >= 15 is 0 Å². The van der Waals surface area contributed by atoms with E-state index in [1.54, 1.807) is 12.3 Å². The lowest BCUT2D eigenvalue weighted by molar-refractivity contribution is -0.0234. The van der Waals surface area contributed by atoms with Crippen LogP contribution >= 0.6 is 0 Å². The maximum Gasteiger partial charge on any atom is 0.142 e. The third kappa shape index (κ3) is 2.25. The van der Waals surface area contributed by atoms with Gasteiger partial charge in [0.25, 0.3) is 0 Å². The number of hydrogen-bond donors (Lipinski definition) is 2. The molecular weight excluding hydrogens is 190 g/mol. The van der Waals surface area contributed by atoms with Crippen LogP contribution in [0.3, 0.4) is 0 Å². The molecule has 4 heteroatoms. The van der Waals surface area contributed by atoms with Crippen LogP contribution in [0.15, 0.2) is 18.3 Å². The molecule has 0 bridgehead atoms. The van der Waals surface area contributed by atoms with Crippen LogP contribution in [0.25, 0.3) is 0 Å². The molecule has 0 aliphatic heterocycles. The third-order valence-electron chi connectivity index (χ3n) is 2.62. The number of hydrogen-bond acceptors (Lipinski definition) is 4. The van der Waals surface area contributed by atoms with Crippen molar-refractivity contribution in [1.82, 2.24) is 4.98 Å². The van der Waals surface area contributed by atoms with E-state index in [4.69, 9.17) is 5.26 Å². The van der Waals surface area contributed by atoms with Gasteiger partial charge in [-0.3, -0.25) is 0 Å². The van der Waals surface area contributed by atoms with Crippen molar-refractivity contribution in [2.75, 3.05) is 5.32 Å². The SMILES string of the molecule is CC1(O)CC(Nc2ccnc(C#N)c2)C1. The standard InChI is InChI=1S/C11H13N3O/c1-11(15)5-10(6-11)14-8-2-3-13-9(4-8)7-12/h2-4,10,15H,5-6H2,1H3,(H,13,14). The molecular formula is C11H13N3O. The fourth-order valence-electron chi connectivity index (χ4n) is 1.92. The second kappa shape index (κ2) is 3.52. The van der Waals surface area contributed by atoms with Gasteiger partial charge in [-0.1, -0.05) is 0 Å². The quantitative estimate of drug-likeness (QED) is 0.759. The van der Waals surface area contributed by atoms with Gasteiger partial charge in [0.1, 0.15) is 11.8 Å². The Balaban J connectivity index is 1.98. The average Bonchev–Trinajstić information content (AvgIpc) is 2.15. The fraction of sp³-hybridized carbons (Fsp3) is 0.455. The van der Waals surface area contributed by atoms with E-state index in [0.717, 1.165) is 18.5 Å². The van der Waals surface area contributed by atoms with Gasteiger partial charge in [0, 0.05) is 17.9 Å². The van der Waals surface area contributed by atoms with Gasteiger partial charge in [-0.05, 0) is 31.9 Å². The summed E-state index contributed by atoms with van der Waals surface area (Å²) in [5.74, 6) is 0. The Morgan fingerprint density at radius 2 is 2.40 bits per heavy atom. The highest BCUT2D eigenvalue weighted by Gasteiger charge is 2.38. The number of nitrogens with zero attached hydrogens (tertiary/aromatic N) is 2. The minimum absolute atomic E-state index is 0.300. The van der Waals surface area contributed by atoms with Gasteiger partial charge >= 0.3 is 0 Å². The maximum atomic E-state index is 9.56. The van der Waals surface area contributed by atoms with Gasteiger partial charge in [-0.15, -0.1) is 0 Å². The molecule has 1 aliphatic rings. The minimum atomic E-state index is -0.525. The molecule has 78 valence electrons. The van der Waals surface area contributed by atoms with Crippen LogP contribution in [-0.2, 0) is 0 Å². The number of aromatic nitrogens is 1. The Labute approximate surface area is 88.6 Å². The molecule has 2 N–H and O–H groups in total. The molecule has 4 nitrogen and oxygen atoms in total. The molecule has 0 unspecified atom stereocenters. The lowest BCUT2D eigenvalue weighted by atomic mass is 9.77. The number of aliphatic hydroxyl groups is 1. The molecule has 1 saturated carbocycles. The van der Waals surface area contributed by atoms with Crippen LogP contribution in [0.5, 0.6) is 0 Å². The van der Waals surface area contributed by atoms with Crippen molar-refractivity contribution in [3.63, 3.8) is 0 Å². The first-order valence-corrected chi connectivity index (χ1v) is 4.94. The van der Waals surface area contributed by atoms with Crippen molar-refractivity contribution in [3.05, 3.63) is 24.0 Å². The van der Waals surface area contributed by atoms with E-state index in [2.05, 4.69) is 10.3 Å². The molecule has 1 aromatic rings. The Hall–Kier alpha value is -1.60. The van der Waals surface area contributed by atoms with E-state index in [1.165, 1.54) is 0 Å². The molecule has 15 heavy (non-hydrogen) atoms. The van der Waals surface area contributed by atoms with Crippen LogP contribution in [0.4, 0.5) is 5.69 Å². The van der Waals surface area contributed by atoms with Crippen molar-refractivity contribution < 1.29 is 5.11 Å². The first-order chi connectivity index (χ1) is 7.09. The van der Waals surface area contributed by atoms with Crippen molar-refractivity contribution in [1.29, 1.82) is 5.26 Å². The van der Waals surface area contributed by atoms with Crippen molar-refractivity contribution in [2.45, 2.75) is 31.4 Å². The van der Waals surface area contributed by atoms with Crippen LogP contribution in [0.2, 0.25) is 0 Å². The van der Waals surface area contributed by atoms with Crippen LogP contribution in [0, 0.1) is 11.3 Å². The molecule has 1 aliphatic carbocycles. The molecule has 1 aromatic heterocycles. The summed E-state index contributed by atoms with van der Waals surface area (Å²) < 4.78 is 0. The molecule has 1 heterocycles. The smallest absolute Gasteiger partial charge is 0.142 e. The number of pyridine rings is 1.